The molecule has 0 bridgehead atoms. The predicted octanol–water partition coefficient (Wildman–Crippen LogP) is 1.25. The molecule has 1 amide bonds. The smallest absolute Gasteiger partial charge is 0.229 e. The number of likely N-dealkylation sites (tertiary alicyclic amines) is 1. The summed E-state index contributed by atoms with van der Waals surface area (Å²) in [7, 11) is 0. The molecule has 5 heteroatoms. The molecule has 1 aliphatic heterocycles. The SMILES string of the molecule is Cc1cc(CC(=O)N2CCCC[C@@H]2[C@H](C)N)no1. The van der Waals surface area contributed by atoms with Gasteiger partial charge in [0.05, 0.1) is 12.1 Å². The first kappa shape index (κ1) is 13.1. The Morgan fingerprint density at radius 3 is 3.06 bits per heavy atom. The number of aryl methyl sites for hydroxylation is 1. The van der Waals surface area contributed by atoms with Crippen molar-refractivity contribution < 1.29 is 9.32 Å². The summed E-state index contributed by atoms with van der Waals surface area (Å²) in [5.74, 6) is 0.838. The molecule has 100 valence electrons. The van der Waals surface area contributed by atoms with Gasteiger partial charge in [-0.2, -0.15) is 0 Å². The standard InChI is InChI=1S/C13H21N3O2/c1-9-7-11(15-18-9)8-13(17)16-6-4-3-5-12(16)10(2)14/h7,10,12H,3-6,8,14H2,1-2H3/t10-,12+/m0/s1. The van der Waals surface area contributed by atoms with Crippen LogP contribution in [0.5, 0.6) is 0 Å². The van der Waals surface area contributed by atoms with Crippen LogP contribution in [0.1, 0.15) is 37.6 Å². The first-order chi connectivity index (χ1) is 8.58. The van der Waals surface area contributed by atoms with Crippen LogP contribution in [0.15, 0.2) is 10.6 Å². The number of hydrogen-bond donors (Lipinski definition) is 1. The molecule has 2 rings (SSSR count). The fourth-order valence-corrected chi connectivity index (χ4v) is 2.57. The maximum atomic E-state index is 12.3. The van der Waals surface area contributed by atoms with Gasteiger partial charge in [-0.1, -0.05) is 5.16 Å². The van der Waals surface area contributed by atoms with E-state index in [1.807, 2.05) is 24.8 Å². The number of amides is 1. The van der Waals surface area contributed by atoms with E-state index in [0.717, 1.165) is 31.6 Å². The Hall–Kier alpha value is -1.36. The molecule has 1 aromatic heterocycles. The molecular weight excluding hydrogens is 230 g/mol. The van der Waals surface area contributed by atoms with E-state index in [0.29, 0.717) is 12.1 Å². The number of rotatable bonds is 3. The Bertz CT molecular complexity index is 414. The highest BCUT2D eigenvalue weighted by Crippen LogP contribution is 2.20. The van der Waals surface area contributed by atoms with Crippen molar-refractivity contribution in [2.24, 2.45) is 5.73 Å². The van der Waals surface area contributed by atoms with Crippen LogP contribution in [-0.2, 0) is 11.2 Å². The molecule has 1 saturated heterocycles. The number of nitrogens with zero attached hydrogens (tertiary/aromatic N) is 2. The average molecular weight is 251 g/mol. The molecule has 0 aliphatic carbocycles. The molecule has 18 heavy (non-hydrogen) atoms. The highest BCUT2D eigenvalue weighted by Gasteiger charge is 2.29. The third-order valence-electron chi connectivity index (χ3n) is 3.49. The van der Waals surface area contributed by atoms with Crippen molar-refractivity contribution in [3.05, 3.63) is 17.5 Å². The largest absolute Gasteiger partial charge is 0.361 e. The van der Waals surface area contributed by atoms with E-state index in [1.54, 1.807) is 0 Å². The van der Waals surface area contributed by atoms with E-state index in [-0.39, 0.29) is 18.0 Å². The van der Waals surface area contributed by atoms with Crippen molar-refractivity contribution >= 4 is 5.91 Å². The van der Waals surface area contributed by atoms with Crippen LogP contribution in [0.2, 0.25) is 0 Å². The Morgan fingerprint density at radius 1 is 1.67 bits per heavy atom. The van der Waals surface area contributed by atoms with Crippen LogP contribution in [0.4, 0.5) is 0 Å². The lowest BCUT2D eigenvalue weighted by Gasteiger charge is -2.38. The average Bonchev–Trinajstić information content (AvgIpc) is 2.74. The van der Waals surface area contributed by atoms with Gasteiger partial charge in [-0.3, -0.25) is 4.79 Å². The minimum atomic E-state index is 0.0216. The van der Waals surface area contributed by atoms with Crippen molar-refractivity contribution in [1.29, 1.82) is 0 Å². The summed E-state index contributed by atoms with van der Waals surface area (Å²) >= 11 is 0. The van der Waals surface area contributed by atoms with Crippen molar-refractivity contribution in [1.82, 2.24) is 10.1 Å². The van der Waals surface area contributed by atoms with Crippen LogP contribution < -0.4 is 5.73 Å². The molecule has 2 heterocycles. The molecule has 0 saturated carbocycles. The number of piperidine rings is 1. The van der Waals surface area contributed by atoms with Crippen LogP contribution in [0, 0.1) is 6.92 Å². The van der Waals surface area contributed by atoms with E-state index in [9.17, 15) is 4.79 Å². The van der Waals surface area contributed by atoms with E-state index >= 15 is 0 Å². The topological polar surface area (TPSA) is 72.4 Å². The van der Waals surface area contributed by atoms with E-state index in [1.165, 1.54) is 0 Å². The van der Waals surface area contributed by atoms with Gasteiger partial charge in [0.1, 0.15) is 5.76 Å². The van der Waals surface area contributed by atoms with Crippen molar-refractivity contribution in [3.8, 4) is 0 Å². The lowest BCUT2D eigenvalue weighted by Crippen LogP contribution is -2.52. The molecular formula is C13H21N3O2. The summed E-state index contributed by atoms with van der Waals surface area (Å²) in [6, 6.07) is 2.00. The predicted molar refractivity (Wildman–Crippen MR) is 67.9 cm³/mol. The monoisotopic (exact) mass is 251 g/mol. The zero-order valence-corrected chi connectivity index (χ0v) is 11.1. The molecule has 0 spiro atoms. The molecule has 1 fully saturated rings. The molecule has 0 radical (unpaired) electrons. The highest BCUT2D eigenvalue weighted by molar-refractivity contribution is 5.78. The van der Waals surface area contributed by atoms with Crippen LogP contribution >= 0.6 is 0 Å². The van der Waals surface area contributed by atoms with Crippen LogP contribution in [-0.4, -0.2) is 34.6 Å². The van der Waals surface area contributed by atoms with Gasteiger partial charge in [-0.25, -0.2) is 0 Å². The van der Waals surface area contributed by atoms with Gasteiger partial charge in [-0.15, -0.1) is 0 Å². The summed E-state index contributed by atoms with van der Waals surface area (Å²) in [4.78, 5) is 14.2. The van der Waals surface area contributed by atoms with Gasteiger partial charge in [0.15, 0.2) is 0 Å². The van der Waals surface area contributed by atoms with Crippen molar-refractivity contribution in [2.75, 3.05) is 6.54 Å². The number of nitrogens with two attached hydrogens (primary N) is 1. The van der Waals surface area contributed by atoms with Gasteiger partial charge < -0.3 is 15.2 Å². The Kier molecular flexibility index (Phi) is 4.01. The summed E-state index contributed by atoms with van der Waals surface area (Å²) in [5.41, 5.74) is 6.67. The minimum Gasteiger partial charge on any atom is -0.361 e. The lowest BCUT2D eigenvalue weighted by molar-refractivity contribution is -0.134. The van der Waals surface area contributed by atoms with Crippen molar-refractivity contribution in [2.45, 2.75) is 51.6 Å². The first-order valence-corrected chi connectivity index (χ1v) is 6.55. The maximum absolute atomic E-state index is 12.3. The third kappa shape index (κ3) is 2.90. The molecule has 1 aliphatic rings. The number of hydrogen-bond acceptors (Lipinski definition) is 4. The summed E-state index contributed by atoms with van der Waals surface area (Å²) in [6.07, 6.45) is 3.52. The Morgan fingerprint density at radius 2 is 2.44 bits per heavy atom. The first-order valence-electron chi connectivity index (χ1n) is 6.55. The van der Waals surface area contributed by atoms with Gasteiger partial charge in [0.25, 0.3) is 0 Å². The third-order valence-corrected chi connectivity index (χ3v) is 3.49. The minimum absolute atomic E-state index is 0.0216. The highest BCUT2D eigenvalue weighted by atomic mass is 16.5. The van der Waals surface area contributed by atoms with Gasteiger partial charge >= 0.3 is 0 Å². The van der Waals surface area contributed by atoms with Crippen LogP contribution in [0.25, 0.3) is 0 Å². The zero-order chi connectivity index (χ0) is 13.1. The number of carbonyl (C=O) groups excluding carboxylic acids is 1. The molecule has 2 atom stereocenters. The fourth-order valence-electron chi connectivity index (χ4n) is 2.57. The summed E-state index contributed by atoms with van der Waals surface area (Å²) < 4.78 is 4.98. The van der Waals surface area contributed by atoms with E-state index in [4.69, 9.17) is 10.3 Å². The molecule has 1 aromatic rings. The summed E-state index contributed by atoms with van der Waals surface area (Å²) in [5, 5.41) is 3.87. The fraction of sp³-hybridized carbons (Fsp3) is 0.692. The molecule has 5 nitrogen and oxygen atoms in total. The molecule has 0 unspecified atom stereocenters. The molecule has 0 aromatic carbocycles. The maximum Gasteiger partial charge on any atom is 0.229 e. The lowest BCUT2D eigenvalue weighted by atomic mass is 9.96. The Labute approximate surface area is 107 Å². The quantitative estimate of drug-likeness (QED) is 0.877. The second-order valence-corrected chi connectivity index (χ2v) is 5.12. The Balaban J connectivity index is 2.02. The van der Waals surface area contributed by atoms with Crippen molar-refractivity contribution in [3.63, 3.8) is 0 Å². The van der Waals surface area contributed by atoms with Gasteiger partial charge in [0, 0.05) is 24.7 Å². The summed E-state index contributed by atoms with van der Waals surface area (Å²) in [6.45, 7) is 4.60. The second kappa shape index (κ2) is 5.52. The normalized spacial score (nSPS) is 21.9. The van der Waals surface area contributed by atoms with E-state index in [2.05, 4.69) is 5.16 Å². The second-order valence-electron chi connectivity index (χ2n) is 5.12. The zero-order valence-electron chi connectivity index (χ0n) is 11.1. The van der Waals surface area contributed by atoms with Crippen LogP contribution in [0.3, 0.4) is 0 Å². The van der Waals surface area contributed by atoms with Gasteiger partial charge in [-0.05, 0) is 33.1 Å². The number of aromatic nitrogens is 1. The number of carbonyl (C=O) groups is 1. The van der Waals surface area contributed by atoms with Gasteiger partial charge in [0.2, 0.25) is 5.91 Å². The van der Waals surface area contributed by atoms with E-state index < -0.39 is 0 Å². The molecule has 2 N–H and O–H groups in total.